The molecular weight excluding hydrogens is 340 g/mol. The molecule has 5 nitrogen and oxygen atoms in total. The molecule has 0 aliphatic heterocycles. The number of hydrogen-bond donors (Lipinski definition) is 1. The van der Waals surface area contributed by atoms with Gasteiger partial charge in [-0.05, 0) is 60.9 Å². The summed E-state index contributed by atoms with van der Waals surface area (Å²) in [6, 6.07) is 14.8. The van der Waals surface area contributed by atoms with Crippen LogP contribution in [0.25, 0.3) is 0 Å². The molecule has 0 aliphatic rings. The van der Waals surface area contributed by atoms with E-state index in [9.17, 15) is 4.79 Å². The van der Waals surface area contributed by atoms with E-state index in [2.05, 4.69) is 10.3 Å². The van der Waals surface area contributed by atoms with Gasteiger partial charge in [-0.2, -0.15) is 0 Å². The Morgan fingerprint density at radius 1 is 1.04 bits per heavy atom. The molecule has 5 heteroatoms. The number of rotatable bonds is 6. The average molecular weight is 362 g/mol. The quantitative estimate of drug-likeness (QED) is 0.699. The summed E-state index contributed by atoms with van der Waals surface area (Å²) in [7, 11) is 1.59. The highest BCUT2D eigenvalue weighted by Crippen LogP contribution is 2.31. The summed E-state index contributed by atoms with van der Waals surface area (Å²) in [6.45, 7) is 4.32. The highest BCUT2D eigenvalue weighted by molar-refractivity contribution is 6.05. The number of amides is 1. The first-order valence-electron chi connectivity index (χ1n) is 8.66. The van der Waals surface area contributed by atoms with Crippen molar-refractivity contribution in [3.63, 3.8) is 0 Å². The molecule has 0 radical (unpaired) electrons. The molecule has 1 heterocycles. The van der Waals surface area contributed by atoms with Crippen LogP contribution in [0.1, 0.15) is 27.0 Å². The van der Waals surface area contributed by atoms with Crippen molar-refractivity contribution in [2.75, 3.05) is 12.4 Å². The number of nitrogens with one attached hydrogen (secondary N) is 1. The molecule has 27 heavy (non-hydrogen) atoms. The minimum absolute atomic E-state index is 0.151. The van der Waals surface area contributed by atoms with Gasteiger partial charge in [0.1, 0.15) is 6.61 Å². The third-order valence-corrected chi connectivity index (χ3v) is 4.41. The number of hydrogen-bond acceptors (Lipinski definition) is 4. The SMILES string of the molecule is COc1ccc(NC(=O)c2cccc(C)c2C)cc1OCc1ccncc1. The molecule has 0 bridgehead atoms. The predicted octanol–water partition coefficient (Wildman–Crippen LogP) is 4.54. The first-order valence-corrected chi connectivity index (χ1v) is 8.66. The van der Waals surface area contributed by atoms with E-state index >= 15 is 0 Å². The summed E-state index contributed by atoms with van der Waals surface area (Å²) in [5.74, 6) is 1.02. The van der Waals surface area contributed by atoms with Crippen LogP contribution in [0.4, 0.5) is 5.69 Å². The first kappa shape index (κ1) is 18.5. The summed E-state index contributed by atoms with van der Waals surface area (Å²) in [4.78, 5) is 16.6. The van der Waals surface area contributed by atoms with Crippen molar-refractivity contribution in [3.8, 4) is 11.5 Å². The van der Waals surface area contributed by atoms with Crippen LogP contribution >= 0.6 is 0 Å². The molecule has 138 valence electrons. The molecule has 1 N–H and O–H groups in total. The van der Waals surface area contributed by atoms with Crippen LogP contribution in [0.3, 0.4) is 0 Å². The molecule has 3 rings (SSSR count). The number of ether oxygens (including phenoxy) is 2. The maximum absolute atomic E-state index is 12.6. The summed E-state index contributed by atoms with van der Waals surface area (Å²) in [5, 5.41) is 2.93. The van der Waals surface area contributed by atoms with Gasteiger partial charge in [-0.1, -0.05) is 12.1 Å². The fraction of sp³-hybridized carbons (Fsp3) is 0.182. The molecule has 0 saturated heterocycles. The zero-order valence-corrected chi connectivity index (χ0v) is 15.7. The Morgan fingerprint density at radius 3 is 2.56 bits per heavy atom. The Bertz CT molecular complexity index is 940. The Hall–Kier alpha value is -3.34. The molecule has 0 saturated carbocycles. The predicted molar refractivity (Wildman–Crippen MR) is 105 cm³/mol. The van der Waals surface area contributed by atoms with Crippen molar-refractivity contribution in [1.29, 1.82) is 0 Å². The number of aromatic nitrogens is 1. The molecule has 1 aromatic heterocycles. The van der Waals surface area contributed by atoms with Crippen LogP contribution in [-0.4, -0.2) is 18.0 Å². The molecule has 0 aliphatic carbocycles. The number of methoxy groups -OCH3 is 1. The maximum Gasteiger partial charge on any atom is 0.255 e. The number of anilines is 1. The van der Waals surface area contributed by atoms with E-state index in [1.54, 1.807) is 37.7 Å². The van der Waals surface area contributed by atoms with E-state index in [0.29, 0.717) is 29.4 Å². The van der Waals surface area contributed by atoms with Crippen LogP contribution in [0, 0.1) is 13.8 Å². The van der Waals surface area contributed by atoms with Gasteiger partial charge in [0.2, 0.25) is 0 Å². The molecule has 3 aromatic rings. The fourth-order valence-corrected chi connectivity index (χ4v) is 2.70. The van der Waals surface area contributed by atoms with Crippen molar-refractivity contribution in [2.45, 2.75) is 20.5 Å². The molecule has 1 amide bonds. The second-order valence-electron chi connectivity index (χ2n) is 6.21. The van der Waals surface area contributed by atoms with Crippen LogP contribution in [0.2, 0.25) is 0 Å². The molecule has 0 spiro atoms. The lowest BCUT2D eigenvalue weighted by Crippen LogP contribution is -2.14. The van der Waals surface area contributed by atoms with Crippen LogP contribution < -0.4 is 14.8 Å². The van der Waals surface area contributed by atoms with Gasteiger partial charge in [-0.15, -0.1) is 0 Å². The normalized spacial score (nSPS) is 10.3. The van der Waals surface area contributed by atoms with Crippen LogP contribution in [-0.2, 0) is 6.61 Å². The lowest BCUT2D eigenvalue weighted by Gasteiger charge is -2.14. The van der Waals surface area contributed by atoms with E-state index < -0.39 is 0 Å². The third kappa shape index (κ3) is 4.44. The first-order chi connectivity index (χ1) is 13.1. The largest absolute Gasteiger partial charge is 0.493 e. The zero-order valence-electron chi connectivity index (χ0n) is 15.7. The minimum atomic E-state index is -0.151. The molecule has 0 unspecified atom stereocenters. The summed E-state index contributed by atoms with van der Waals surface area (Å²) in [5.41, 5.74) is 4.35. The summed E-state index contributed by atoms with van der Waals surface area (Å²) < 4.78 is 11.2. The third-order valence-electron chi connectivity index (χ3n) is 4.41. The second kappa shape index (κ2) is 8.36. The van der Waals surface area contributed by atoms with Gasteiger partial charge >= 0.3 is 0 Å². The van der Waals surface area contributed by atoms with E-state index in [4.69, 9.17) is 9.47 Å². The average Bonchev–Trinajstić information content (AvgIpc) is 2.69. The lowest BCUT2D eigenvalue weighted by atomic mass is 10.0. The highest BCUT2D eigenvalue weighted by atomic mass is 16.5. The van der Waals surface area contributed by atoms with Crippen LogP contribution in [0.15, 0.2) is 60.9 Å². The second-order valence-corrected chi connectivity index (χ2v) is 6.21. The minimum Gasteiger partial charge on any atom is -0.493 e. The van der Waals surface area contributed by atoms with Gasteiger partial charge in [0.15, 0.2) is 11.5 Å². The number of pyridine rings is 1. The van der Waals surface area contributed by atoms with Gasteiger partial charge in [0.25, 0.3) is 5.91 Å². The molecule has 0 atom stereocenters. The number of carbonyl (C=O) groups excluding carboxylic acids is 1. The fourth-order valence-electron chi connectivity index (χ4n) is 2.70. The maximum atomic E-state index is 12.6. The molecule has 0 fully saturated rings. The summed E-state index contributed by atoms with van der Waals surface area (Å²) in [6.07, 6.45) is 3.44. The smallest absolute Gasteiger partial charge is 0.255 e. The van der Waals surface area contributed by atoms with Crippen molar-refractivity contribution >= 4 is 11.6 Å². The number of nitrogens with zero attached hydrogens (tertiary/aromatic N) is 1. The monoisotopic (exact) mass is 362 g/mol. The highest BCUT2D eigenvalue weighted by Gasteiger charge is 2.12. The van der Waals surface area contributed by atoms with Gasteiger partial charge in [0, 0.05) is 29.7 Å². The van der Waals surface area contributed by atoms with Crippen LogP contribution in [0.5, 0.6) is 11.5 Å². The Balaban J connectivity index is 1.78. The van der Waals surface area contributed by atoms with E-state index in [-0.39, 0.29) is 5.91 Å². The number of carbonyl (C=O) groups is 1. The Kier molecular flexibility index (Phi) is 5.71. The molecular formula is C22H22N2O3. The van der Waals surface area contributed by atoms with E-state index in [0.717, 1.165) is 16.7 Å². The van der Waals surface area contributed by atoms with Gasteiger partial charge in [-0.25, -0.2) is 0 Å². The lowest BCUT2D eigenvalue weighted by molar-refractivity contribution is 0.102. The van der Waals surface area contributed by atoms with Crippen molar-refractivity contribution in [1.82, 2.24) is 4.98 Å². The van der Waals surface area contributed by atoms with Gasteiger partial charge in [-0.3, -0.25) is 9.78 Å². The number of benzene rings is 2. The van der Waals surface area contributed by atoms with Crippen molar-refractivity contribution < 1.29 is 14.3 Å². The Morgan fingerprint density at radius 2 is 1.81 bits per heavy atom. The van der Waals surface area contributed by atoms with Gasteiger partial charge < -0.3 is 14.8 Å². The topological polar surface area (TPSA) is 60.5 Å². The Labute approximate surface area is 159 Å². The standard InChI is InChI=1S/C22H22N2O3/c1-15-5-4-6-19(16(15)2)22(25)24-18-7-8-20(26-3)21(13-18)27-14-17-9-11-23-12-10-17/h4-13H,14H2,1-3H3,(H,24,25). The van der Waals surface area contributed by atoms with E-state index in [1.807, 2.05) is 44.2 Å². The van der Waals surface area contributed by atoms with Gasteiger partial charge in [0.05, 0.1) is 7.11 Å². The zero-order chi connectivity index (χ0) is 19.2. The van der Waals surface area contributed by atoms with Crippen molar-refractivity contribution in [2.24, 2.45) is 0 Å². The van der Waals surface area contributed by atoms with Crippen molar-refractivity contribution in [3.05, 3.63) is 83.2 Å². The van der Waals surface area contributed by atoms with E-state index in [1.165, 1.54) is 0 Å². The molecule has 2 aromatic carbocycles. The summed E-state index contributed by atoms with van der Waals surface area (Å²) >= 11 is 0. The number of aryl methyl sites for hydroxylation is 1.